The van der Waals surface area contributed by atoms with E-state index in [1.807, 2.05) is 0 Å². The Hall–Kier alpha value is -1.60. The smallest absolute Gasteiger partial charge is 0.0120 e. The van der Waals surface area contributed by atoms with Crippen molar-refractivity contribution >= 4 is 0 Å². The molecule has 0 saturated carbocycles. The normalized spacial score (nSPS) is 12.4. The molecule has 2 rings (SSSR count). The SMILES string of the molecule is CCc1ccc(CC(N)Cc2cc(C)ccc2C)cc1. The molecule has 0 amide bonds. The van der Waals surface area contributed by atoms with E-state index in [9.17, 15) is 0 Å². The van der Waals surface area contributed by atoms with Crippen LogP contribution in [0.3, 0.4) is 0 Å². The van der Waals surface area contributed by atoms with Gasteiger partial charge in [-0.1, -0.05) is 55.0 Å². The van der Waals surface area contributed by atoms with Crippen molar-refractivity contribution < 1.29 is 0 Å². The number of benzene rings is 2. The van der Waals surface area contributed by atoms with Crippen LogP contribution >= 0.6 is 0 Å². The second-order valence-electron chi connectivity index (χ2n) is 5.77. The maximum Gasteiger partial charge on any atom is 0.0120 e. The van der Waals surface area contributed by atoms with Crippen LogP contribution < -0.4 is 5.73 Å². The van der Waals surface area contributed by atoms with Crippen molar-refractivity contribution in [3.05, 3.63) is 70.3 Å². The molecule has 1 nitrogen and oxygen atoms in total. The molecule has 0 fully saturated rings. The Kier molecular flexibility index (Phi) is 4.97. The van der Waals surface area contributed by atoms with Crippen molar-refractivity contribution in [1.82, 2.24) is 0 Å². The highest BCUT2D eigenvalue weighted by molar-refractivity contribution is 5.31. The van der Waals surface area contributed by atoms with E-state index in [1.165, 1.54) is 27.8 Å². The summed E-state index contributed by atoms with van der Waals surface area (Å²) in [5.74, 6) is 0. The lowest BCUT2D eigenvalue weighted by Gasteiger charge is -2.14. The summed E-state index contributed by atoms with van der Waals surface area (Å²) in [5, 5.41) is 0. The van der Waals surface area contributed by atoms with Crippen molar-refractivity contribution in [2.45, 2.75) is 46.1 Å². The summed E-state index contributed by atoms with van der Waals surface area (Å²) < 4.78 is 0. The first-order chi connectivity index (χ1) is 9.58. The second-order valence-corrected chi connectivity index (χ2v) is 5.77. The van der Waals surface area contributed by atoms with E-state index in [0.717, 1.165) is 19.3 Å². The summed E-state index contributed by atoms with van der Waals surface area (Å²) in [6.45, 7) is 6.48. The van der Waals surface area contributed by atoms with Crippen LogP contribution in [-0.4, -0.2) is 6.04 Å². The summed E-state index contributed by atoms with van der Waals surface area (Å²) in [7, 11) is 0. The Morgan fingerprint density at radius 3 is 2.20 bits per heavy atom. The molecule has 0 aliphatic heterocycles. The van der Waals surface area contributed by atoms with E-state index in [4.69, 9.17) is 5.73 Å². The Labute approximate surface area is 122 Å². The molecule has 1 atom stereocenters. The van der Waals surface area contributed by atoms with E-state index >= 15 is 0 Å². The molecule has 2 aromatic carbocycles. The van der Waals surface area contributed by atoms with Gasteiger partial charge in [-0.25, -0.2) is 0 Å². The Morgan fingerprint density at radius 2 is 1.55 bits per heavy atom. The topological polar surface area (TPSA) is 26.0 Å². The van der Waals surface area contributed by atoms with Gasteiger partial charge in [-0.3, -0.25) is 0 Å². The molecule has 0 aliphatic rings. The quantitative estimate of drug-likeness (QED) is 0.871. The summed E-state index contributed by atoms with van der Waals surface area (Å²) in [5.41, 5.74) is 13.1. The molecule has 1 unspecified atom stereocenters. The molecule has 1 heteroatoms. The minimum absolute atomic E-state index is 0.183. The van der Waals surface area contributed by atoms with Gasteiger partial charge in [0.25, 0.3) is 0 Å². The van der Waals surface area contributed by atoms with E-state index in [1.54, 1.807) is 0 Å². The number of hydrogen-bond acceptors (Lipinski definition) is 1. The maximum atomic E-state index is 6.33. The fourth-order valence-electron chi connectivity index (χ4n) is 2.59. The monoisotopic (exact) mass is 267 g/mol. The lowest BCUT2D eigenvalue weighted by atomic mass is 9.95. The van der Waals surface area contributed by atoms with Crippen molar-refractivity contribution in [2.24, 2.45) is 5.73 Å². The zero-order valence-electron chi connectivity index (χ0n) is 12.8. The van der Waals surface area contributed by atoms with Crippen LogP contribution in [0.15, 0.2) is 42.5 Å². The highest BCUT2D eigenvalue weighted by atomic mass is 14.6. The number of aryl methyl sites for hydroxylation is 3. The minimum Gasteiger partial charge on any atom is -0.327 e. The minimum atomic E-state index is 0.183. The first-order valence-electron chi connectivity index (χ1n) is 7.48. The predicted octanol–water partition coefficient (Wildman–Crippen LogP) is 3.98. The standard InChI is InChI=1S/C19H25N/c1-4-16-7-9-17(10-8-16)12-19(20)13-18-11-14(2)5-6-15(18)3/h5-11,19H,4,12-13,20H2,1-3H3. The molecular formula is C19H25N. The van der Waals surface area contributed by atoms with Gasteiger partial charge in [0.15, 0.2) is 0 Å². The molecule has 0 bridgehead atoms. The van der Waals surface area contributed by atoms with Crippen LogP contribution in [0.5, 0.6) is 0 Å². The third-order valence-corrected chi connectivity index (χ3v) is 3.92. The molecule has 0 aliphatic carbocycles. The fraction of sp³-hybridized carbons (Fsp3) is 0.368. The van der Waals surface area contributed by atoms with Gasteiger partial charge in [0.2, 0.25) is 0 Å². The molecule has 0 saturated heterocycles. The van der Waals surface area contributed by atoms with Crippen LogP contribution in [-0.2, 0) is 19.3 Å². The molecular weight excluding hydrogens is 242 g/mol. The van der Waals surface area contributed by atoms with Gasteiger partial charge in [0.05, 0.1) is 0 Å². The summed E-state index contributed by atoms with van der Waals surface area (Å²) in [6.07, 6.45) is 2.98. The van der Waals surface area contributed by atoms with E-state index in [0.29, 0.717) is 0 Å². The van der Waals surface area contributed by atoms with Gasteiger partial charge < -0.3 is 5.73 Å². The van der Waals surface area contributed by atoms with E-state index in [-0.39, 0.29) is 6.04 Å². The van der Waals surface area contributed by atoms with Gasteiger partial charge in [-0.05, 0) is 55.4 Å². The molecule has 106 valence electrons. The first kappa shape index (κ1) is 14.8. The van der Waals surface area contributed by atoms with Gasteiger partial charge >= 0.3 is 0 Å². The van der Waals surface area contributed by atoms with Crippen molar-refractivity contribution in [2.75, 3.05) is 0 Å². The van der Waals surface area contributed by atoms with Crippen LogP contribution in [0.2, 0.25) is 0 Å². The van der Waals surface area contributed by atoms with Crippen LogP contribution in [0.25, 0.3) is 0 Å². The number of rotatable bonds is 5. The molecule has 2 N–H and O–H groups in total. The predicted molar refractivity (Wildman–Crippen MR) is 87.1 cm³/mol. The van der Waals surface area contributed by atoms with Crippen LogP contribution in [0.1, 0.15) is 34.7 Å². The van der Waals surface area contributed by atoms with Gasteiger partial charge in [0, 0.05) is 6.04 Å². The fourth-order valence-corrected chi connectivity index (χ4v) is 2.59. The van der Waals surface area contributed by atoms with Crippen LogP contribution in [0.4, 0.5) is 0 Å². The lowest BCUT2D eigenvalue weighted by molar-refractivity contribution is 0.662. The Morgan fingerprint density at radius 1 is 0.900 bits per heavy atom. The third-order valence-electron chi connectivity index (χ3n) is 3.92. The van der Waals surface area contributed by atoms with Gasteiger partial charge in [0.1, 0.15) is 0 Å². The number of nitrogens with two attached hydrogens (primary N) is 1. The maximum absolute atomic E-state index is 6.33. The van der Waals surface area contributed by atoms with Crippen molar-refractivity contribution in [1.29, 1.82) is 0 Å². The molecule has 20 heavy (non-hydrogen) atoms. The molecule has 2 aromatic rings. The lowest BCUT2D eigenvalue weighted by Crippen LogP contribution is -2.25. The zero-order chi connectivity index (χ0) is 14.5. The first-order valence-corrected chi connectivity index (χ1v) is 7.48. The Balaban J connectivity index is 2.00. The van der Waals surface area contributed by atoms with Crippen molar-refractivity contribution in [3.63, 3.8) is 0 Å². The Bertz CT molecular complexity index is 554. The van der Waals surface area contributed by atoms with Crippen molar-refractivity contribution in [3.8, 4) is 0 Å². The third kappa shape index (κ3) is 3.94. The molecule has 0 aromatic heterocycles. The largest absolute Gasteiger partial charge is 0.327 e. The zero-order valence-corrected chi connectivity index (χ0v) is 12.8. The molecule has 0 radical (unpaired) electrons. The summed E-state index contributed by atoms with van der Waals surface area (Å²) in [6, 6.07) is 15.6. The average Bonchev–Trinajstić information content (AvgIpc) is 2.43. The summed E-state index contributed by atoms with van der Waals surface area (Å²) >= 11 is 0. The van der Waals surface area contributed by atoms with E-state index in [2.05, 4.69) is 63.2 Å². The molecule has 0 spiro atoms. The second kappa shape index (κ2) is 6.71. The highest BCUT2D eigenvalue weighted by Gasteiger charge is 2.08. The van der Waals surface area contributed by atoms with E-state index < -0.39 is 0 Å². The van der Waals surface area contributed by atoms with Gasteiger partial charge in [-0.15, -0.1) is 0 Å². The number of hydrogen-bond donors (Lipinski definition) is 1. The molecule has 0 heterocycles. The summed E-state index contributed by atoms with van der Waals surface area (Å²) in [4.78, 5) is 0. The highest BCUT2D eigenvalue weighted by Crippen LogP contribution is 2.14. The average molecular weight is 267 g/mol. The van der Waals surface area contributed by atoms with Gasteiger partial charge in [-0.2, -0.15) is 0 Å². The van der Waals surface area contributed by atoms with Crippen LogP contribution in [0, 0.1) is 13.8 Å².